The molecule has 0 saturated heterocycles. The Bertz CT molecular complexity index is 1440. The maximum Gasteiger partial charge on any atom is 0.168 e. The molecule has 0 atom stereocenters. The number of hydrogen-bond acceptors (Lipinski definition) is 4. The van der Waals surface area contributed by atoms with Gasteiger partial charge in [0.25, 0.3) is 0 Å². The minimum Gasteiger partial charge on any atom is -0.493 e. The molecule has 0 aliphatic heterocycles. The summed E-state index contributed by atoms with van der Waals surface area (Å²) in [6.07, 6.45) is 0.799. The lowest BCUT2D eigenvalue weighted by Gasteiger charge is -2.13. The van der Waals surface area contributed by atoms with E-state index in [2.05, 4.69) is 28.8 Å². The molecule has 5 heteroatoms. The van der Waals surface area contributed by atoms with Gasteiger partial charge >= 0.3 is 0 Å². The molecule has 0 fully saturated rings. The van der Waals surface area contributed by atoms with Crippen molar-refractivity contribution in [3.63, 3.8) is 0 Å². The number of rotatable bonds is 6. The number of carbonyl (C=O) groups is 1. The molecule has 2 aromatic heterocycles. The van der Waals surface area contributed by atoms with Gasteiger partial charge in [-0.25, -0.2) is 4.98 Å². The van der Waals surface area contributed by atoms with Gasteiger partial charge in [0.1, 0.15) is 5.69 Å². The van der Waals surface area contributed by atoms with Crippen molar-refractivity contribution in [1.29, 1.82) is 0 Å². The fourth-order valence-corrected chi connectivity index (χ4v) is 4.27. The van der Waals surface area contributed by atoms with Crippen molar-refractivity contribution in [2.24, 2.45) is 0 Å². The van der Waals surface area contributed by atoms with E-state index in [1.165, 1.54) is 5.56 Å². The Balaban J connectivity index is 1.86. The molecule has 5 rings (SSSR count). The number of ether oxygens (including phenoxy) is 2. The van der Waals surface area contributed by atoms with E-state index in [-0.39, 0.29) is 0 Å². The molecule has 0 aliphatic rings. The Morgan fingerprint density at radius 1 is 0.844 bits per heavy atom. The molecular weight excluding hydrogens is 400 g/mol. The maximum atomic E-state index is 11.8. The highest BCUT2D eigenvalue weighted by molar-refractivity contribution is 6.13. The third-order valence-corrected chi connectivity index (χ3v) is 5.73. The summed E-state index contributed by atoms with van der Waals surface area (Å²) in [6, 6.07) is 26.2. The van der Waals surface area contributed by atoms with Crippen LogP contribution in [0.25, 0.3) is 33.1 Å². The van der Waals surface area contributed by atoms with Crippen LogP contribution in [0.1, 0.15) is 16.1 Å². The van der Waals surface area contributed by atoms with Gasteiger partial charge in [-0.3, -0.25) is 4.79 Å². The van der Waals surface area contributed by atoms with Crippen molar-refractivity contribution in [3.05, 3.63) is 90.1 Å². The fourth-order valence-electron chi connectivity index (χ4n) is 4.27. The van der Waals surface area contributed by atoms with Crippen LogP contribution in [0.15, 0.2) is 78.9 Å². The Morgan fingerprint density at radius 3 is 2.34 bits per heavy atom. The van der Waals surface area contributed by atoms with Crippen LogP contribution in [0.4, 0.5) is 0 Å². The summed E-state index contributed by atoms with van der Waals surface area (Å²) in [7, 11) is 3.22. The first-order chi connectivity index (χ1) is 15.7. The molecule has 158 valence electrons. The van der Waals surface area contributed by atoms with Crippen LogP contribution in [0.3, 0.4) is 0 Å². The summed E-state index contributed by atoms with van der Waals surface area (Å²) < 4.78 is 13.2. The van der Waals surface area contributed by atoms with Gasteiger partial charge in [-0.15, -0.1) is 0 Å². The quantitative estimate of drug-likeness (QED) is 0.328. The van der Waals surface area contributed by atoms with Gasteiger partial charge in [0.15, 0.2) is 17.8 Å². The number of carbonyl (C=O) groups excluding carboxylic acids is 1. The number of aldehydes is 1. The minimum atomic E-state index is 0.393. The van der Waals surface area contributed by atoms with Crippen molar-refractivity contribution in [2.45, 2.75) is 6.54 Å². The molecule has 0 saturated carbocycles. The molecule has 0 radical (unpaired) electrons. The summed E-state index contributed by atoms with van der Waals surface area (Å²) in [5.74, 6) is 1.26. The smallest absolute Gasteiger partial charge is 0.168 e. The van der Waals surface area contributed by atoms with Gasteiger partial charge in [-0.2, -0.15) is 0 Å². The predicted molar refractivity (Wildman–Crippen MR) is 127 cm³/mol. The molecule has 5 aromatic rings. The number of para-hydroxylation sites is 1. The van der Waals surface area contributed by atoms with E-state index < -0.39 is 0 Å². The monoisotopic (exact) mass is 422 g/mol. The number of aromatic nitrogens is 2. The first kappa shape index (κ1) is 19.8. The van der Waals surface area contributed by atoms with E-state index in [9.17, 15) is 4.79 Å². The van der Waals surface area contributed by atoms with E-state index in [1.54, 1.807) is 14.2 Å². The molecule has 0 N–H and O–H groups in total. The van der Waals surface area contributed by atoms with Gasteiger partial charge in [0.2, 0.25) is 0 Å². The van der Waals surface area contributed by atoms with E-state index in [1.807, 2.05) is 54.6 Å². The third-order valence-electron chi connectivity index (χ3n) is 5.73. The topological polar surface area (TPSA) is 53.3 Å². The van der Waals surface area contributed by atoms with Crippen molar-refractivity contribution in [2.75, 3.05) is 14.2 Å². The molecule has 3 aromatic carbocycles. The zero-order chi connectivity index (χ0) is 22.1. The first-order valence-corrected chi connectivity index (χ1v) is 10.4. The lowest BCUT2D eigenvalue weighted by Crippen LogP contribution is -2.02. The Hall–Kier alpha value is -4.12. The second kappa shape index (κ2) is 8.19. The summed E-state index contributed by atoms with van der Waals surface area (Å²) in [6.45, 7) is 0.688. The second-order valence-corrected chi connectivity index (χ2v) is 7.57. The Labute approximate surface area is 185 Å². The van der Waals surface area contributed by atoms with Crippen LogP contribution in [-0.2, 0) is 6.54 Å². The zero-order valence-corrected chi connectivity index (χ0v) is 17.9. The molecule has 32 heavy (non-hydrogen) atoms. The lowest BCUT2D eigenvalue weighted by atomic mass is 10.1. The second-order valence-electron chi connectivity index (χ2n) is 7.57. The summed E-state index contributed by atoms with van der Waals surface area (Å²) in [5, 5.41) is 2.09. The van der Waals surface area contributed by atoms with Crippen molar-refractivity contribution in [1.82, 2.24) is 9.55 Å². The number of fused-ring (bicyclic) bond motifs is 3. The van der Waals surface area contributed by atoms with E-state index in [0.29, 0.717) is 23.7 Å². The number of hydrogen-bond donors (Lipinski definition) is 0. The van der Waals surface area contributed by atoms with Crippen molar-refractivity contribution >= 4 is 28.1 Å². The number of methoxy groups -OCH3 is 2. The first-order valence-electron chi connectivity index (χ1n) is 10.4. The van der Waals surface area contributed by atoms with E-state index in [0.717, 1.165) is 39.3 Å². The standard InChI is InChI=1S/C27H22N2O3/c1-31-24-13-12-19(14-25(24)32-2)26-27-22(15-20(17-30)28-26)21-10-6-7-11-23(21)29(27)16-18-8-4-3-5-9-18/h3-15,17H,16H2,1-2H3. The summed E-state index contributed by atoms with van der Waals surface area (Å²) in [4.78, 5) is 16.5. The lowest BCUT2D eigenvalue weighted by molar-refractivity contribution is 0.111. The number of benzene rings is 3. The fraction of sp³-hybridized carbons (Fsp3) is 0.111. The molecule has 5 nitrogen and oxygen atoms in total. The molecule has 0 spiro atoms. The summed E-state index contributed by atoms with van der Waals surface area (Å²) in [5.41, 5.74) is 5.25. The maximum absolute atomic E-state index is 11.8. The summed E-state index contributed by atoms with van der Waals surface area (Å²) >= 11 is 0. The molecule has 0 amide bonds. The highest BCUT2D eigenvalue weighted by Crippen LogP contribution is 2.38. The van der Waals surface area contributed by atoms with Crippen LogP contribution >= 0.6 is 0 Å². The van der Waals surface area contributed by atoms with Crippen LogP contribution in [0.5, 0.6) is 11.5 Å². The molecular formula is C27H22N2O3. The van der Waals surface area contributed by atoms with Gasteiger partial charge in [-0.1, -0.05) is 48.5 Å². The van der Waals surface area contributed by atoms with Crippen LogP contribution in [0, 0.1) is 0 Å². The van der Waals surface area contributed by atoms with Crippen LogP contribution < -0.4 is 9.47 Å². The average Bonchev–Trinajstić information content (AvgIpc) is 3.17. The Kier molecular flexibility index (Phi) is 5.07. The molecule has 0 aliphatic carbocycles. The van der Waals surface area contributed by atoms with Crippen molar-refractivity contribution < 1.29 is 14.3 Å². The molecule has 0 bridgehead atoms. The van der Waals surface area contributed by atoms with E-state index in [4.69, 9.17) is 14.5 Å². The SMILES string of the molecule is COc1ccc(-c2nc(C=O)cc3c4ccccc4n(Cc4ccccc4)c23)cc1OC. The van der Waals surface area contributed by atoms with Crippen LogP contribution in [0.2, 0.25) is 0 Å². The molecule has 0 unspecified atom stereocenters. The van der Waals surface area contributed by atoms with Gasteiger partial charge in [-0.05, 0) is 35.9 Å². The third kappa shape index (κ3) is 3.28. The van der Waals surface area contributed by atoms with Crippen molar-refractivity contribution in [3.8, 4) is 22.8 Å². The zero-order valence-electron chi connectivity index (χ0n) is 17.9. The minimum absolute atomic E-state index is 0.393. The predicted octanol–water partition coefficient (Wildman–Crippen LogP) is 5.73. The largest absolute Gasteiger partial charge is 0.493 e. The van der Waals surface area contributed by atoms with Gasteiger partial charge in [0, 0.05) is 28.4 Å². The highest BCUT2D eigenvalue weighted by atomic mass is 16.5. The van der Waals surface area contributed by atoms with Gasteiger partial charge < -0.3 is 14.0 Å². The highest BCUT2D eigenvalue weighted by Gasteiger charge is 2.19. The molecule has 2 heterocycles. The number of nitrogens with zero attached hydrogens (tertiary/aromatic N) is 2. The number of pyridine rings is 1. The van der Waals surface area contributed by atoms with E-state index >= 15 is 0 Å². The van der Waals surface area contributed by atoms with Gasteiger partial charge in [0.05, 0.1) is 25.4 Å². The average molecular weight is 422 g/mol. The normalized spacial score (nSPS) is 11.1. The Morgan fingerprint density at radius 2 is 1.59 bits per heavy atom. The van der Waals surface area contributed by atoms with Crippen LogP contribution in [-0.4, -0.2) is 30.1 Å².